The number of nitrogen functional groups attached to an aromatic ring is 1. The highest BCUT2D eigenvalue weighted by Crippen LogP contribution is 2.41. The van der Waals surface area contributed by atoms with Gasteiger partial charge in [0.15, 0.2) is 0 Å². The molecule has 2 rings (SSSR count). The number of halogens is 3. The number of nitrogens with two attached hydrogens (primary N) is 1. The van der Waals surface area contributed by atoms with E-state index in [4.69, 9.17) is 5.73 Å². The molecule has 1 aromatic carbocycles. The fourth-order valence-corrected chi connectivity index (χ4v) is 2.69. The standard InChI is InChI=1S/C15H21F3N2/c1-3-14(2)6-8-20(9-7-14)13-10-11(19)4-5-12(13)15(16,17)18/h4-5,10H,3,6-9,19H2,1-2H3. The van der Waals surface area contributed by atoms with Crippen molar-refractivity contribution < 1.29 is 13.2 Å². The number of anilines is 2. The molecule has 0 spiro atoms. The highest BCUT2D eigenvalue weighted by Gasteiger charge is 2.36. The maximum absolute atomic E-state index is 13.1. The number of rotatable bonds is 2. The molecule has 112 valence electrons. The van der Waals surface area contributed by atoms with Gasteiger partial charge in [-0.25, -0.2) is 0 Å². The van der Waals surface area contributed by atoms with E-state index in [1.807, 2.05) is 4.90 Å². The molecule has 0 unspecified atom stereocenters. The molecule has 0 radical (unpaired) electrons. The van der Waals surface area contributed by atoms with Crippen molar-refractivity contribution in [2.75, 3.05) is 23.7 Å². The van der Waals surface area contributed by atoms with Crippen LogP contribution in [0.1, 0.15) is 38.7 Å². The van der Waals surface area contributed by atoms with Crippen molar-refractivity contribution in [3.05, 3.63) is 23.8 Å². The Morgan fingerprint density at radius 1 is 1.25 bits per heavy atom. The molecular weight excluding hydrogens is 265 g/mol. The van der Waals surface area contributed by atoms with Crippen LogP contribution < -0.4 is 10.6 Å². The number of nitrogens with zero attached hydrogens (tertiary/aromatic N) is 1. The second-order valence-corrected chi connectivity index (χ2v) is 5.93. The summed E-state index contributed by atoms with van der Waals surface area (Å²) in [4.78, 5) is 1.82. The predicted molar refractivity (Wildman–Crippen MR) is 75.7 cm³/mol. The van der Waals surface area contributed by atoms with E-state index in [0.29, 0.717) is 18.8 Å². The van der Waals surface area contributed by atoms with Crippen LogP contribution >= 0.6 is 0 Å². The first-order valence-electron chi connectivity index (χ1n) is 6.97. The van der Waals surface area contributed by atoms with Crippen LogP contribution in [0.5, 0.6) is 0 Å². The largest absolute Gasteiger partial charge is 0.418 e. The first kappa shape index (κ1) is 15.0. The molecule has 2 nitrogen and oxygen atoms in total. The Kier molecular flexibility index (Phi) is 3.89. The molecule has 1 fully saturated rings. The second kappa shape index (κ2) is 5.19. The van der Waals surface area contributed by atoms with E-state index in [0.717, 1.165) is 25.3 Å². The van der Waals surface area contributed by atoms with Gasteiger partial charge in [0.25, 0.3) is 0 Å². The van der Waals surface area contributed by atoms with Gasteiger partial charge in [-0.15, -0.1) is 0 Å². The van der Waals surface area contributed by atoms with Crippen LogP contribution in [0.25, 0.3) is 0 Å². The number of alkyl halides is 3. The minimum atomic E-state index is -4.34. The lowest BCUT2D eigenvalue weighted by Gasteiger charge is -2.40. The molecule has 1 aliphatic rings. The van der Waals surface area contributed by atoms with E-state index in [1.165, 1.54) is 12.1 Å². The minimum Gasteiger partial charge on any atom is -0.399 e. The molecular formula is C15H21F3N2. The van der Waals surface area contributed by atoms with Crippen LogP contribution in [0, 0.1) is 5.41 Å². The molecule has 1 aromatic rings. The summed E-state index contributed by atoms with van der Waals surface area (Å²) >= 11 is 0. The molecule has 0 aliphatic carbocycles. The zero-order chi connectivity index (χ0) is 15.0. The molecule has 5 heteroatoms. The Morgan fingerprint density at radius 3 is 2.35 bits per heavy atom. The molecule has 1 saturated heterocycles. The van der Waals surface area contributed by atoms with Crippen LogP contribution in [-0.4, -0.2) is 13.1 Å². The Bertz CT molecular complexity index is 474. The van der Waals surface area contributed by atoms with E-state index in [-0.39, 0.29) is 11.1 Å². The summed E-state index contributed by atoms with van der Waals surface area (Å²) in [7, 11) is 0. The molecule has 0 aromatic heterocycles. The van der Waals surface area contributed by atoms with Crippen LogP contribution in [0.4, 0.5) is 24.5 Å². The van der Waals surface area contributed by atoms with Gasteiger partial charge >= 0.3 is 6.18 Å². The molecule has 1 aliphatic heterocycles. The van der Waals surface area contributed by atoms with E-state index in [2.05, 4.69) is 13.8 Å². The third-order valence-corrected chi connectivity index (χ3v) is 4.49. The highest BCUT2D eigenvalue weighted by atomic mass is 19.4. The monoisotopic (exact) mass is 286 g/mol. The third kappa shape index (κ3) is 3.02. The van der Waals surface area contributed by atoms with Crippen molar-refractivity contribution in [2.45, 2.75) is 39.3 Å². The second-order valence-electron chi connectivity index (χ2n) is 5.93. The van der Waals surface area contributed by atoms with Crippen molar-refractivity contribution in [3.63, 3.8) is 0 Å². The van der Waals surface area contributed by atoms with Crippen LogP contribution in [0.3, 0.4) is 0 Å². The lowest BCUT2D eigenvalue weighted by molar-refractivity contribution is -0.137. The number of hydrogen-bond acceptors (Lipinski definition) is 2. The lowest BCUT2D eigenvalue weighted by Crippen LogP contribution is -2.39. The SMILES string of the molecule is CCC1(C)CCN(c2cc(N)ccc2C(F)(F)F)CC1. The summed E-state index contributed by atoms with van der Waals surface area (Å²) in [5.41, 5.74) is 5.91. The molecule has 0 bridgehead atoms. The first-order valence-corrected chi connectivity index (χ1v) is 6.97. The van der Waals surface area contributed by atoms with Gasteiger partial charge in [0.2, 0.25) is 0 Å². The lowest BCUT2D eigenvalue weighted by atomic mass is 9.78. The normalized spacial score (nSPS) is 19.1. The highest BCUT2D eigenvalue weighted by molar-refractivity contribution is 5.62. The van der Waals surface area contributed by atoms with Gasteiger partial charge in [0.1, 0.15) is 0 Å². The van der Waals surface area contributed by atoms with Gasteiger partial charge < -0.3 is 10.6 Å². The molecule has 0 atom stereocenters. The summed E-state index contributed by atoms with van der Waals surface area (Å²) in [6.07, 6.45) is -1.45. The summed E-state index contributed by atoms with van der Waals surface area (Å²) < 4.78 is 39.3. The number of piperidine rings is 1. The maximum Gasteiger partial charge on any atom is 0.418 e. The fourth-order valence-electron chi connectivity index (χ4n) is 2.69. The van der Waals surface area contributed by atoms with E-state index >= 15 is 0 Å². The molecule has 20 heavy (non-hydrogen) atoms. The zero-order valence-corrected chi connectivity index (χ0v) is 11.9. The summed E-state index contributed by atoms with van der Waals surface area (Å²) in [6, 6.07) is 3.84. The Morgan fingerprint density at radius 2 is 1.85 bits per heavy atom. The van der Waals surface area contributed by atoms with Crippen molar-refractivity contribution >= 4 is 11.4 Å². The van der Waals surface area contributed by atoms with Gasteiger partial charge in [0.05, 0.1) is 11.3 Å². The van der Waals surface area contributed by atoms with Gasteiger partial charge in [0, 0.05) is 18.8 Å². The van der Waals surface area contributed by atoms with Crippen molar-refractivity contribution in [1.29, 1.82) is 0 Å². The average Bonchev–Trinajstić information content (AvgIpc) is 2.38. The van der Waals surface area contributed by atoms with Gasteiger partial charge in [-0.2, -0.15) is 13.2 Å². The van der Waals surface area contributed by atoms with E-state index in [1.54, 1.807) is 0 Å². The smallest absolute Gasteiger partial charge is 0.399 e. The van der Waals surface area contributed by atoms with E-state index in [9.17, 15) is 13.2 Å². The third-order valence-electron chi connectivity index (χ3n) is 4.49. The summed E-state index contributed by atoms with van der Waals surface area (Å²) in [5.74, 6) is 0. The van der Waals surface area contributed by atoms with Gasteiger partial charge in [-0.1, -0.05) is 20.3 Å². The predicted octanol–water partition coefficient (Wildman–Crippen LogP) is 4.30. The Hall–Kier alpha value is -1.39. The number of benzene rings is 1. The van der Waals surface area contributed by atoms with Crippen LogP contribution in [-0.2, 0) is 6.18 Å². The molecule has 0 amide bonds. The molecule has 1 heterocycles. The molecule has 2 N–H and O–H groups in total. The maximum atomic E-state index is 13.1. The van der Waals surface area contributed by atoms with Crippen LogP contribution in [0.15, 0.2) is 18.2 Å². The Balaban J connectivity index is 2.28. The number of hydrogen-bond donors (Lipinski definition) is 1. The van der Waals surface area contributed by atoms with Crippen molar-refractivity contribution in [1.82, 2.24) is 0 Å². The first-order chi connectivity index (χ1) is 9.25. The summed E-state index contributed by atoms with van der Waals surface area (Å²) in [5, 5.41) is 0. The zero-order valence-electron chi connectivity index (χ0n) is 11.9. The minimum absolute atomic E-state index is 0.218. The van der Waals surface area contributed by atoms with E-state index < -0.39 is 11.7 Å². The summed E-state index contributed by atoms with van der Waals surface area (Å²) in [6.45, 7) is 5.64. The van der Waals surface area contributed by atoms with Crippen molar-refractivity contribution in [2.24, 2.45) is 5.41 Å². The van der Waals surface area contributed by atoms with Crippen molar-refractivity contribution in [3.8, 4) is 0 Å². The fraction of sp³-hybridized carbons (Fsp3) is 0.600. The van der Waals surface area contributed by atoms with Crippen LogP contribution in [0.2, 0.25) is 0 Å². The quantitative estimate of drug-likeness (QED) is 0.821. The van der Waals surface area contributed by atoms with Gasteiger partial charge in [-0.3, -0.25) is 0 Å². The van der Waals surface area contributed by atoms with Gasteiger partial charge in [-0.05, 0) is 36.5 Å². The molecule has 0 saturated carbocycles. The topological polar surface area (TPSA) is 29.3 Å². The Labute approximate surface area is 117 Å². The average molecular weight is 286 g/mol.